The lowest BCUT2D eigenvalue weighted by Crippen LogP contribution is -2.22. The molecule has 4 heteroatoms. The molecule has 0 unspecified atom stereocenters. The van der Waals surface area contributed by atoms with E-state index in [4.69, 9.17) is 11.6 Å². The number of hydrogen-bond acceptors (Lipinski definition) is 2. The summed E-state index contributed by atoms with van der Waals surface area (Å²) in [5, 5.41) is 2.72. The Kier molecular flexibility index (Phi) is 4.40. The molecule has 0 fully saturated rings. The molecular weight excluding hydrogens is 266 g/mol. The van der Waals surface area contributed by atoms with Gasteiger partial charge < -0.3 is 5.32 Å². The highest BCUT2D eigenvalue weighted by Gasteiger charge is 2.06. The predicted octanol–water partition coefficient (Wildman–Crippen LogP) is 3.18. The standard InChI is InChI=1S/C14H10ClNOS/c15-13-9-8-12(18-13)14(17)16-10-4-7-11-5-2-1-3-6-11/h1-3,5-6,8-9H,10H2,(H,16,17). The van der Waals surface area contributed by atoms with E-state index < -0.39 is 0 Å². The van der Waals surface area contributed by atoms with E-state index in [9.17, 15) is 4.79 Å². The number of rotatable bonds is 2. The zero-order valence-electron chi connectivity index (χ0n) is 9.44. The Labute approximate surface area is 115 Å². The highest BCUT2D eigenvalue weighted by atomic mass is 35.5. The Hall–Kier alpha value is -1.76. The molecule has 0 radical (unpaired) electrons. The van der Waals surface area contributed by atoms with Crippen molar-refractivity contribution in [3.8, 4) is 11.8 Å². The van der Waals surface area contributed by atoms with Crippen LogP contribution >= 0.6 is 22.9 Å². The van der Waals surface area contributed by atoms with Gasteiger partial charge in [0.2, 0.25) is 0 Å². The van der Waals surface area contributed by atoms with Gasteiger partial charge in [0.25, 0.3) is 5.91 Å². The van der Waals surface area contributed by atoms with E-state index in [0.29, 0.717) is 15.8 Å². The van der Waals surface area contributed by atoms with Crippen molar-refractivity contribution in [3.05, 3.63) is 57.2 Å². The average Bonchev–Trinajstić information content (AvgIpc) is 2.82. The zero-order chi connectivity index (χ0) is 12.8. The van der Waals surface area contributed by atoms with Crippen LogP contribution in [-0.4, -0.2) is 12.5 Å². The van der Waals surface area contributed by atoms with E-state index in [1.807, 2.05) is 30.3 Å². The maximum absolute atomic E-state index is 11.6. The van der Waals surface area contributed by atoms with Crippen LogP contribution in [0.5, 0.6) is 0 Å². The van der Waals surface area contributed by atoms with Crippen LogP contribution < -0.4 is 5.32 Å². The van der Waals surface area contributed by atoms with Gasteiger partial charge in [-0.1, -0.05) is 41.6 Å². The molecular formula is C14H10ClNOS. The van der Waals surface area contributed by atoms with Crippen LogP contribution in [0.25, 0.3) is 0 Å². The number of halogens is 1. The molecule has 2 aromatic rings. The maximum Gasteiger partial charge on any atom is 0.262 e. The highest BCUT2D eigenvalue weighted by molar-refractivity contribution is 7.17. The van der Waals surface area contributed by atoms with Crippen LogP contribution in [0.4, 0.5) is 0 Å². The van der Waals surface area contributed by atoms with Crippen LogP contribution in [0.15, 0.2) is 42.5 Å². The summed E-state index contributed by atoms with van der Waals surface area (Å²) in [4.78, 5) is 12.2. The molecule has 0 aliphatic carbocycles. The summed E-state index contributed by atoms with van der Waals surface area (Å²) in [6, 6.07) is 13.0. The SMILES string of the molecule is O=C(NCC#Cc1ccccc1)c1ccc(Cl)s1. The van der Waals surface area contributed by atoms with Crippen LogP contribution in [-0.2, 0) is 0 Å². The fourth-order valence-electron chi connectivity index (χ4n) is 1.32. The molecule has 0 atom stereocenters. The summed E-state index contributed by atoms with van der Waals surface area (Å²) < 4.78 is 0.607. The summed E-state index contributed by atoms with van der Waals surface area (Å²) >= 11 is 7.01. The molecule has 1 heterocycles. The molecule has 0 aliphatic heterocycles. The molecule has 1 N–H and O–H groups in total. The lowest BCUT2D eigenvalue weighted by atomic mass is 10.2. The number of carbonyl (C=O) groups excluding carboxylic acids is 1. The number of benzene rings is 1. The summed E-state index contributed by atoms with van der Waals surface area (Å²) in [6.07, 6.45) is 0. The van der Waals surface area contributed by atoms with Crippen molar-refractivity contribution < 1.29 is 4.79 Å². The third kappa shape index (κ3) is 3.63. The van der Waals surface area contributed by atoms with E-state index in [-0.39, 0.29) is 5.91 Å². The normalized spacial score (nSPS) is 9.39. The minimum atomic E-state index is -0.144. The average molecular weight is 276 g/mol. The van der Waals surface area contributed by atoms with E-state index in [0.717, 1.165) is 5.56 Å². The first-order valence-electron chi connectivity index (χ1n) is 5.33. The van der Waals surface area contributed by atoms with Crippen molar-refractivity contribution in [1.29, 1.82) is 0 Å². The van der Waals surface area contributed by atoms with Gasteiger partial charge in [-0.2, -0.15) is 0 Å². The van der Waals surface area contributed by atoms with Crippen LogP contribution in [0.3, 0.4) is 0 Å². The summed E-state index contributed by atoms with van der Waals surface area (Å²) in [5.74, 6) is 5.72. The van der Waals surface area contributed by atoms with Crippen LogP contribution in [0.2, 0.25) is 4.34 Å². The van der Waals surface area contributed by atoms with Crippen molar-refractivity contribution in [1.82, 2.24) is 5.32 Å². The molecule has 90 valence electrons. The zero-order valence-corrected chi connectivity index (χ0v) is 11.0. The first-order chi connectivity index (χ1) is 8.75. The summed E-state index contributed by atoms with van der Waals surface area (Å²) in [7, 11) is 0. The van der Waals surface area contributed by atoms with Crippen LogP contribution in [0, 0.1) is 11.8 Å². The second-order valence-corrected chi connectivity index (χ2v) is 5.17. The molecule has 0 spiro atoms. The first-order valence-corrected chi connectivity index (χ1v) is 6.52. The van der Waals surface area contributed by atoms with Gasteiger partial charge in [0.05, 0.1) is 15.8 Å². The molecule has 1 aromatic heterocycles. The molecule has 2 rings (SSSR count). The highest BCUT2D eigenvalue weighted by Crippen LogP contribution is 2.20. The Morgan fingerprint density at radius 1 is 1.22 bits per heavy atom. The Balaban J connectivity index is 1.86. The topological polar surface area (TPSA) is 29.1 Å². The molecule has 0 aliphatic rings. The summed E-state index contributed by atoms with van der Waals surface area (Å²) in [6.45, 7) is 0.323. The fraction of sp³-hybridized carbons (Fsp3) is 0.0714. The number of carbonyl (C=O) groups is 1. The van der Waals surface area contributed by atoms with Gasteiger partial charge in [0.1, 0.15) is 0 Å². The predicted molar refractivity (Wildman–Crippen MR) is 75.0 cm³/mol. The van der Waals surface area contributed by atoms with E-state index >= 15 is 0 Å². The molecule has 0 saturated heterocycles. The monoisotopic (exact) mass is 275 g/mol. The van der Waals surface area contributed by atoms with Crippen molar-refractivity contribution in [3.63, 3.8) is 0 Å². The molecule has 0 saturated carbocycles. The number of thiophene rings is 1. The third-order valence-electron chi connectivity index (χ3n) is 2.14. The first kappa shape index (κ1) is 12.7. The quantitative estimate of drug-likeness (QED) is 0.838. The number of amides is 1. The van der Waals surface area contributed by atoms with E-state index in [2.05, 4.69) is 17.2 Å². The third-order valence-corrected chi connectivity index (χ3v) is 3.37. The van der Waals surface area contributed by atoms with E-state index in [1.165, 1.54) is 11.3 Å². The van der Waals surface area contributed by atoms with Crippen molar-refractivity contribution in [2.45, 2.75) is 0 Å². The molecule has 0 bridgehead atoms. The van der Waals surface area contributed by atoms with Gasteiger partial charge in [-0.05, 0) is 24.3 Å². The van der Waals surface area contributed by atoms with Crippen LogP contribution in [0.1, 0.15) is 15.2 Å². The van der Waals surface area contributed by atoms with Crippen molar-refractivity contribution in [2.24, 2.45) is 0 Å². The number of nitrogens with one attached hydrogen (secondary N) is 1. The Bertz CT molecular complexity index is 595. The van der Waals surface area contributed by atoms with Gasteiger partial charge in [0, 0.05) is 5.56 Å². The van der Waals surface area contributed by atoms with Gasteiger partial charge in [-0.15, -0.1) is 11.3 Å². The second-order valence-electron chi connectivity index (χ2n) is 3.45. The maximum atomic E-state index is 11.6. The van der Waals surface area contributed by atoms with Gasteiger partial charge in [-0.3, -0.25) is 4.79 Å². The Morgan fingerprint density at radius 2 is 2.00 bits per heavy atom. The fourth-order valence-corrected chi connectivity index (χ4v) is 2.28. The smallest absolute Gasteiger partial charge is 0.262 e. The van der Waals surface area contributed by atoms with Gasteiger partial charge in [0.15, 0.2) is 0 Å². The lowest BCUT2D eigenvalue weighted by Gasteiger charge is -1.96. The van der Waals surface area contributed by atoms with E-state index in [1.54, 1.807) is 12.1 Å². The molecule has 18 heavy (non-hydrogen) atoms. The number of hydrogen-bond donors (Lipinski definition) is 1. The molecule has 2 nitrogen and oxygen atoms in total. The van der Waals surface area contributed by atoms with Crippen molar-refractivity contribution in [2.75, 3.05) is 6.54 Å². The lowest BCUT2D eigenvalue weighted by molar-refractivity contribution is 0.0962. The minimum absolute atomic E-state index is 0.144. The largest absolute Gasteiger partial charge is 0.340 e. The van der Waals surface area contributed by atoms with Crippen molar-refractivity contribution >= 4 is 28.8 Å². The van der Waals surface area contributed by atoms with Gasteiger partial charge >= 0.3 is 0 Å². The minimum Gasteiger partial charge on any atom is -0.340 e. The molecule has 1 amide bonds. The second kappa shape index (κ2) is 6.25. The molecule has 1 aromatic carbocycles. The Morgan fingerprint density at radius 3 is 2.67 bits per heavy atom. The summed E-state index contributed by atoms with van der Waals surface area (Å²) in [5.41, 5.74) is 0.936. The van der Waals surface area contributed by atoms with Gasteiger partial charge in [-0.25, -0.2) is 0 Å².